The van der Waals surface area contributed by atoms with Crippen molar-refractivity contribution in [3.05, 3.63) is 81.4 Å². The van der Waals surface area contributed by atoms with Gasteiger partial charge in [-0.3, -0.25) is 14.7 Å². The van der Waals surface area contributed by atoms with Gasteiger partial charge >= 0.3 is 5.97 Å². The van der Waals surface area contributed by atoms with Crippen molar-refractivity contribution in [2.45, 2.75) is 118 Å². The van der Waals surface area contributed by atoms with Crippen LogP contribution >= 0.6 is 15.9 Å². The lowest BCUT2D eigenvalue weighted by atomic mass is 9.82. The zero-order valence-corrected chi connectivity index (χ0v) is 32.1. The Morgan fingerprint density at radius 1 is 1.06 bits per heavy atom. The van der Waals surface area contributed by atoms with Crippen LogP contribution in [0.5, 0.6) is 0 Å². The first-order valence-corrected chi connectivity index (χ1v) is 18.4. The maximum Gasteiger partial charge on any atom is 0.310 e. The predicted octanol–water partition coefficient (Wildman–Crippen LogP) is 8.86. The van der Waals surface area contributed by atoms with Gasteiger partial charge in [0.05, 0.1) is 29.5 Å². The fourth-order valence-electron chi connectivity index (χ4n) is 6.51. The Morgan fingerprint density at radius 2 is 1.73 bits per heavy atom. The summed E-state index contributed by atoms with van der Waals surface area (Å²) in [4.78, 5) is 23.0. The molecule has 48 heavy (non-hydrogen) atoms. The van der Waals surface area contributed by atoms with Gasteiger partial charge in [-0.1, -0.05) is 54.0 Å². The van der Waals surface area contributed by atoms with E-state index in [1.165, 1.54) is 16.7 Å². The molecule has 3 heterocycles. The zero-order valence-electron chi connectivity index (χ0n) is 30.5. The predicted molar refractivity (Wildman–Crippen MR) is 198 cm³/mol. The monoisotopic (exact) mass is 723 g/mol. The number of halogens is 2. The van der Waals surface area contributed by atoms with Crippen LogP contribution in [0.15, 0.2) is 36.4 Å². The molecule has 1 fully saturated rings. The number of ether oxygens (including phenoxy) is 1. The van der Waals surface area contributed by atoms with E-state index in [1.54, 1.807) is 32.9 Å². The quantitative estimate of drug-likeness (QED) is 0.185. The first-order valence-electron chi connectivity index (χ1n) is 17.3. The lowest BCUT2D eigenvalue weighted by Gasteiger charge is -2.40. The van der Waals surface area contributed by atoms with E-state index in [0.717, 1.165) is 91.3 Å². The van der Waals surface area contributed by atoms with E-state index in [1.807, 2.05) is 33.8 Å². The molecular weight excluding hydrogens is 669 g/mol. The Morgan fingerprint density at radius 3 is 2.33 bits per heavy atom. The highest BCUT2D eigenvalue weighted by Crippen LogP contribution is 2.43. The summed E-state index contributed by atoms with van der Waals surface area (Å²) in [6.07, 6.45) is 3.20. The van der Waals surface area contributed by atoms with E-state index < -0.39 is 5.60 Å². The number of nitrogens with zero attached hydrogens (tertiary/aromatic N) is 3. The summed E-state index contributed by atoms with van der Waals surface area (Å²) in [6, 6.07) is 11.9. The number of fused-ring (bicyclic) bond motifs is 1. The minimum Gasteiger partial charge on any atom is -0.463 e. The van der Waals surface area contributed by atoms with Gasteiger partial charge in [-0.2, -0.15) is 0 Å². The minimum atomic E-state index is -0.500. The Labute approximate surface area is 296 Å². The van der Waals surface area contributed by atoms with Crippen LogP contribution in [-0.4, -0.2) is 52.3 Å². The topological polar surface area (TPSA) is 65.9 Å². The van der Waals surface area contributed by atoms with Gasteiger partial charge in [0.15, 0.2) is 0 Å². The maximum atomic E-state index is 13.6. The molecule has 8 heteroatoms. The molecule has 0 atom stereocenters. The van der Waals surface area contributed by atoms with Crippen LogP contribution in [-0.2, 0) is 40.8 Å². The Bertz CT molecular complexity index is 1580. The van der Waals surface area contributed by atoms with Gasteiger partial charge in [-0.05, 0) is 113 Å². The third-order valence-corrected chi connectivity index (χ3v) is 9.61. The summed E-state index contributed by atoms with van der Waals surface area (Å²) in [6.45, 7) is 22.2. The van der Waals surface area contributed by atoms with Crippen LogP contribution in [0.4, 0.5) is 10.1 Å². The molecule has 3 aromatic rings. The van der Waals surface area contributed by atoms with Gasteiger partial charge in [-0.25, -0.2) is 4.39 Å². The molecule has 1 aromatic heterocycles. The number of anilines is 1. The molecule has 6 nitrogen and oxygen atoms in total. The number of esters is 1. The number of carbonyl (C=O) groups excluding carboxylic acids is 1. The summed E-state index contributed by atoms with van der Waals surface area (Å²) < 4.78 is 19.3. The molecule has 2 aliphatic heterocycles. The van der Waals surface area contributed by atoms with Crippen LogP contribution in [0.25, 0.3) is 11.1 Å². The average Bonchev–Trinajstić information content (AvgIpc) is 2.98. The molecule has 0 aliphatic carbocycles. The van der Waals surface area contributed by atoms with Gasteiger partial charge in [0.2, 0.25) is 0 Å². The molecular formula is C40H55BrFN3O3. The summed E-state index contributed by atoms with van der Waals surface area (Å²) >= 11 is 3.75. The van der Waals surface area contributed by atoms with Crippen molar-refractivity contribution in [1.82, 2.24) is 9.88 Å². The van der Waals surface area contributed by atoms with E-state index in [-0.39, 0.29) is 24.3 Å². The SMILES string of the molecule is CC(C)(C)O.Cc1cc(F)ccc1CN1CCc2cc(-c3c(CBr)nc(C)c(CC(=O)OC(C)C)c3N3CCC(C)(C)CC3)ccc2C1. The Kier molecular flexibility index (Phi) is 12.5. The fraction of sp³-hybridized carbons (Fsp3) is 0.550. The second-order valence-corrected chi connectivity index (χ2v) is 16.1. The van der Waals surface area contributed by atoms with Gasteiger partial charge in [0.25, 0.3) is 0 Å². The number of aromatic nitrogens is 1. The summed E-state index contributed by atoms with van der Waals surface area (Å²) in [5, 5.41) is 9.15. The van der Waals surface area contributed by atoms with Gasteiger partial charge in [-0.15, -0.1) is 0 Å². The van der Waals surface area contributed by atoms with Crippen molar-refractivity contribution >= 4 is 27.6 Å². The first-order chi connectivity index (χ1) is 22.4. The number of aliphatic hydroxyl groups is 1. The lowest BCUT2D eigenvalue weighted by molar-refractivity contribution is -0.146. The van der Waals surface area contributed by atoms with E-state index in [2.05, 4.69) is 57.8 Å². The molecule has 0 saturated carbocycles. The van der Waals surface area contributed by atoms with Crippen molar-refractivity contribution in [2.75, 3.05) is 24.5 Å². The molecule has 2 aromatic carbocycles. The molecule has 1 saturated heterocycles. The van der Waals surface area contributed by atoms with E-state index >= 15 is 0 Å². The second-order valence-electron chi connectivity index (χ2n) is 15.5. The molecule has 1 N–H and O–H groups in total. The third-order valence-electron chi connectivity index (χ3n) is 9.08. The summed E-state index contributed by atoms with van der Waals surface area (Å²) in [5.74, 6) is -0.392. The van der Waals surface area contributed by atoms with E-state index in [4.69, 9.17) is 14.8 Å². The normalized spacial score (nSPS) is 16.3. The van der Waals surface area contributed by atoms with E-state index in [9.17, 15) is 9.18 Å². The Hall–Kier alpha value is -2.81. The second kappa shape index (κ2) is 15.8. The fourth-order valence-corrected chi connectivity index (χ4v) is 6.92. The maximum absolute atomic E-state index is 13.6. The highest BCUT2D eigenvalue weighted by Gasteiger charge is 2.31. The average molecular weight is 725 g/mol. The van der Waals surface area contributed by atoms with Crippen molar-refractivity contribution in [1.29, 1.82) is 0 Å². The molecule has 0 unspecified atom stereocenters. The van der Waals surface area contributed by atoms with Crippen molar-refractivity contribution in [3.63, 3.8) is 0 Å². The van der Waals surface area contributed by atoms with Crippen molar-refractivity contribution in [3.8, 4) is 11.1 Å². The number of rotatable bonds is 8. The van der Waals surface area contributed by atoms with Crippen molar-refractivity contribution < 1.29 is 19.0 Å². The molecule has 0 radical (unpaired) electrons. The molecule has 2 aliphatic rings. The van der Waals surface area contributed by atoms with Crippen LogP contribution in [0, 0.1) is 25.1 Å². The number of hydrogen-bond donors (Lipinski definition) is 1. The highest BCUT2D eigenvalue weighted by molar-refractivity contribution is 9.08. The van der Waals surface area contributed by atoms with Crippen LogP contribution < -0.4 is 4.90 Å². The smallest absolute Gasteiger partial charge is 0.310 e. The molecule has 0 spiro atoms. The lowest BCUT2D eigenvalue weighted by Crippen LogP contribution is -2.38. The third kappa shape index (κ3) is 10.3. The van der Waals surface area contributed by atoms with Gasteiger partial charge in [0, 0.05) is 54.9 Å². The summed E-state index contributed by atoms with van der Waals surface area (Å²) in [7, 11) is 0. The van der Waals surface area contributed by atoms with Crippen molar-refractivity contribution in [2.24, 2.45) is 5.41 Å². The van der Waals surface area contributed by atoms with Crippen LogP contribution in [0.2, 0.25) is 0 Å². The minimum absolute atomic E-state index is 0.159. The summed E-state index contributed by atoms with van der Waals surface area (Å²) in [5.41, 5.74) is 11.0. The van der Waals surface area contributed by atoms with Gasteiger partial charge < -0.3 is 14.7 Å². The number of pyridine rings is 1. The molecule has 262 valence electrons. The highest BCUT2D eigenvalue weighted by atomic mass is 79.9. The first kappa shape index (κ1) is 38.0. The largest absolute Gasteiger partial charge is 0.463 e. The number of piperidine rings is 1. The standard InChI is InChI=1S/C36H45BrFN3O2.C4H10O/c1-23(2)43-33(42)19-31-25(4)39-32(20-37)34(35(31)41-15-12-36(5,6)13-16-41)27-7-8-29-22-40(14-11-26(29)18-27)21-28-9-10-30(38)17-24(28)3;1-4(2,3)5/h7-10,17-18,23H,11-16,19-22H2,1-6H3;5H,1-3H3. The number of carbonyl (C=O) groups is 1. The Balaban J connectivity index is 0.000000968. The van der Waals surface area contributed by atoms with Crippen LogP contribution in [0.1, 0.15) is 101 Å². The van der Waals surface area contributed by atoms with E-state index in [0.29, 0.717) is 10.7 Å². The molecule has 0 amide bonds. The number of benzene rings is 2. The van der Waals surface area contributed by atoms with Crippen LogP contribution in [0.3, 0.4) is 0 Å². The number of alkyl halides is 1. The zero-order chi connectivity index (χ0) is 35.4. The molecule has 0 bridgehead atoms. The van der Waals surface area contributed by atoms with Gasteiger partial charge in [0.1, 0.15) is 5.82 Å². The number of hydrogen-bond acceptors (Lipinski definition) is 6. The number of aryl methyl sites for hydroxylation is 2. The molecule has 5 rings (SSSR count).